The number of nitrogens with zero attached hydrogens (tertiary/aromatic N) is 1. The van der Waals surface area contributed by atoms with Gasteiger partial charge in [-0.2, -0.15) is 11.8 Å². The molecule has 0 bridgehead atoms. The van der Waals surface area contributed by atoms with Gasteiger partial charge in [-0.15, -0.1) is 0 Å². The largest absolute Gasteiger partial charge is 0.388 e. The number of thioether (sulfide) groups is 1. The van der Waals surface area contributed by atoms with Gasteiger partial charge in [-0.3, -0.25) is 0 Å². The number of aliphatic hydroxyl groups excluding tert-OH is 1. The van der Waals surface area contributed by atoms with Crippen LogP contribution < -0.4 is 4.90 Å². The molecule has 0 saturated heterocycles. The van der Waals surface area contributed by atoms with Crippen LogP contribution in [0.2, 0.25) is 0 Å². The lowest BCUT2D eigenvalue weighted by Crippen LogP contribution is -2.34. The van der Waals surface area contributed by atoms with Crippen LogP contribution in [0.3, 0.4) is 0 Å². The third-order valence-electron chi connectivity index (χ3n) is 3.44. The molecule has 2 atom stereocenters. The van der Waals surface area contributed by atoms with Crippen molar-refractivity contribution >= 4 is 17.4 Å². The molecule has 0 aliphatic heterocycles. The van der Waals surface area contributed by atoms with E-state index in [9.17, 15) is 5.11 Å². The Bertz CT molecular complexity index is 356. The van der Waals surface area contributed by atoms with Gasteiger partial charge >= 0.3 is 0 Å². The standard InChI is InChI=1S/C15H25NOS/c1-5-12(11-18-4)16(3)14-10-8-7-9-13(14)15(17)6-2/h7-10,12,15,17H,5-6,11H2,1-4H3. The molecule has 2 unspecified atom stereocenters. The highest BCUT2D eigenvalue weighted by Crippen LogP contribution is 2.29. The maximum Gasteiger partial charge on any atom is 0.0807 e. The Morgan fingerprint density at radius 3 is 2.44 bits per heavy atom. The smallest absolute Gasteiger partial charge is 0.0807 e. The zero-order valence-electron chi connectivity index (χ0n) is 11.9. The predicted octanol–water partition coefficient (Wildman–Crippen LogP) is 3.71. The minimum Gasteiger partial charge on any atom is -0.388 e. The van der Waals surface area contributed by atoms with Gasteiger partial charge in [-0.05, 0) is 25.2 Å². The number of aliphatic hydroxyl groups is 1. The first-order chi connectivity index (χ1) is 8.65. The van der Waals surface area contributed by atoms with Gasteiger partial charge in [0.15, 0.2) is 0 Å². The van der Waals surface area contributed by atoms with Crippen molar-refractivity contribution in [3.05, 3.63) is 29.8 Å². The second-order valence-corrected chi connectivity index (χ2v) is 5.52. The molecule has 1 aromatic carbocycles. The van der Waals surface area contributed by atoms with Crippen LogP contribution in [0.25, 0.3) is 0 Å². The second kappa shape index (κ2) is 7.70. The average molecular weight is 267 g/mol. The number of hydrogen-bond donors (Lipinski definition) is 1. The Kier molecular flexibility index (Phi) is 6.58. The van der Waals surface area contributed by atoms with Gasteiger partial charge in [-0.1, -0.05) is 32.0 Å². The van der Waals surface area contributed by atoms with E-state index < -0.39 is 0 Å². The van der Waals surface area contributed by atoms with Gasteiger partial charge in [0.2, 0.25) is 0 Å². The molecular formula is C15H25NOS. The fourth-order valence-electron chi connectivity index (χ4n) is 2.20. The molecule has 0 saturated carbocycles. The number of hydrogen-bond acceptors (Lipinski definition) is 3. The Morgan fingerprint density at radius 1 is 1.22 bits per heavy atom. The number of rotatable bonds is 7. The molecule has 0 fully saturated rings. The van der Waals surface area contributed by atoms with E-state index in [0.29, 0.717) is 6.04 Å². The SMILES string of the molecule is CCC(O)c1ccccc1N(C)C(CC)CSC. The summed E-state index contributed by atoms with van der Waals surface area (Å²) in [5.74, 6) is 1.11. The molecule has 0 aromatic heterocycles. The summed E-state index contributed by atoms with van der Waals surface area (Å²) in [5, 5.41) is 10.1. The van der Waals surface area contributed by atoms with Gasteiger partial charge < -0.3 is 10.0 Å². The van der Waals surface area contributed by atoms with E-state index in [-0.39, 0.29) is 6.10 Å². The summed E-state index contributed by atoms with van der Waals surface area (Å²) < 4.78 is 0. The predicted molar refractivity (Wildman–Crippen MR) is 82.6 cm³/mol. The Morgan fingerprint density at radius 2 is 1.89 bits per heavy atom. The summed E-state index contributed by atoms with van der Waals surface area (Å²) in [6, 6.07) is 8.71. The molecule has 1 N–H and O–H groups in total. The van der Waals surface area contributed by atoms with E-state index in [1.165, 1.54) is 0 Å². The summed E-state index contributed by atoms with van der Waals surface area (Å²) in [6.45, 7) is 4.23. The average Bonchev–Trinajstić information content (AvgIpc) is 2.43. The minimum absolute atomic E-state index is 0.365. The van der Waals surface area contributed by atoms with E-state index in [2.05, 4.69) is 31.2 Å². The van der Waals surface area contributed by atoms with Crippen molar-refractivity contribution in [3.8, 4) is 0 Å². The highest BCUT2D eigenvalue weighted by atomic mass is 32.2. The van der Waals surface area contributed by atoms with Crippen LogP contribution in [0, 0.1) is 0 Å². The topological polar surface area (TPSA) is 23.5 Å². The summed E-state index contributed by atoms with van der Waals surface area (Å²) in [6.07, 6.45) is 3.65. The highest BCUT2D eigenvalue weighted by molar-refractivity contribution is 7.98. The Balaban J connectivity index is 3.00. The fraction of sp³-hybridized carbons (Fsp3) is 0.600. The van der Waals surface area contributed by atoms with E-state index in [0.717, 1.165) is 29.8 Å². The van der Waals surface area contributed by atoms with E-state index >= 15 is 0 Å². The van der Waals surface area contributed by atoms with Crippen LogP contribution in [-0.2, 0) is 0 Å². The van der Waals surface area contributed by atoms with Gasteiger partial charge in [-0.25, -0.2) is 0 Å². The maximum atomic E-state index is 10.1. The summed E-state index contributed by atoms with van der Waals surface area (Å²) >= 11 is 1.87. The lowest BCUT2D eigenvalue weighted by molar-refractivity contribution is 0.174. The first-order valence-electron chi connectivity index (χ1n) is 6.64. The van der Waals surface area contributed by atoms with Crippen LogP contribution in [0.4, 0.5) is 5.69 Å². The van der Waals surface area contributed by atoms with Crippen molar-refractivity contribution in [2.45, 2.75) is 38.8 Å². The van der Waals surface area contributed by atoms with Crippen molar-refractivity contribution < 1.29 is 5.11 Å². The molecule has 18 heavy (non-hydrogen) atoms. The molecule has 1 rings (SSSR count). The maximum absolute atomic E-state index is 10.1. The van der Waals surface area contributed by atoms with Crippen molar-refractivity contribution in [1.82, 2.24) is 0 Å². The monoisotopic (exact) mass is 267 g/mol. The van der Waals surface area contributed by atoms with Crippen LogP contribution >= 0.6 is 11.8 Å². The molecule has 0 aliphatic carbocycles. The highest BCUT2D eigenvalue weighted by Gasteiger charge is 2.18. The quantitative estimate of drug-likeness (QED) is 0.814. The molecule has 0 amide bonds. The molecule has 102 valence electrons. The van der Waals surface area contributed by atoms with Gasteiger partial charge in [0, 0.05) is 30.1 Å². The van der Waals surface area contributed by atoms with Gasteiger partial charge in [0.1, 0.15) is 0 Å². The van der Waals surface area contributed by atoms with Crippen molar-refractivity contribution in [1.29, 1.82) is 0 Å². The fourth-order valence-corrected chi connectivity index (χ4v) is 3.05. The lowest BCUT2D eigenvalue weighted by atomic mass is 10.0. The summed E-state index contributed by atoms with van der Waals surface area (Å²) in [5.41, 5.74) is 2.20. The Labute approximate surface area is 115 Å². The summed E-state index contributed by atoms with van der Waals surface area (Å²) in [7, 11) is 2.13. The first kappa shape index (κ1) is 15.4. The van der Waals surface area contributed by atoms with E-state index in [1.807, 2.05) is 36.9 Å². The van der Waals surface area contributed by atoms with Crippen molar-refractivity contribution in [2.75, 3.05) is 24.0 Å². The first-order valence-corrected chi connectivity index (χ1v) is 8.03. The van der Waals surface area contributed by atoms with Gasteiger partial charge in [0.05, 0.1) is 6.10 Å². The minimum atomic E-state index is -0.365. The van der Waals surface area contributed by atoms with Crippen molar-refractivity contribution in [3.63, 3.8) is 0 Å². The zero-order valence-corrected chi connectivity index (χ0v) is 12.7. The van der Waals surface area contributed by atoms with Crippen LogP contribution in [0.5, 0.6) is 0 Å². The molecule has 3 heteroatoms. The molecule has 0 heterocycles. The van der Waals surface area contributed by atoms with E-state index in [4.69, 9.17) is 0 Å². The third kappa shape index (κ3) is 3.66. The molecule has 0 aliphatic rings. The molecule has 2 nitrogen and oxygen atoms in total. The molecular weight excluding hydrogens is 242 g/mol. The zero-order chi connectivity index (χ0) is 13.5. The number of benzene rings is 1. The lowest BCUT2D eigenvalue weighted by Gasteiger charge is -2.31. The van der Waals surface area contributed by atoms with Gasteiger partial charge in [0.25, 0.3) is 0 Å². The second-order valence-electron chi connectivity index (χ2n) is 4.61. The van der Waals surface area contributed by atoms with Crippen LogP contribution in [0.15, 0.2) is 24.3 Å². The number of para-hydroxylation sites is 1. The van der Waals surface area contributed by atoms with Crippen LogP contribution in [0.1, 0.15) is 38.4 Å². The van der Waals surface area contributed by atoms with Crippen LogP contribution in [-0.4, -0.2) is 30.2 Å². The number of anilines is 1. The summed E-state index contributed by atoms with van der Waals surface area (Å²) in [4.78, 5) is 2.31. The molecule has 1 aromatic rings. The Hall–Kier alpha value is -0.670. The normalized spacial score (nSPS) is 14.3. The molecule has 0 spiro atoms. The molecule has 0 radical (unpaired) electrons. The van der Waals surface area contributed by atoms with E-state index in [1.54, 1.807) is 0 Å². The van der Waals surface area contributed by atoms with Crippen molar-refractivity contribution in [2.24, 2.45) is 0 Å². The third-order valence-corrected chi connectivity index (χ3v) is 4.16.